The number of aromatic nitrogens is 3. The van der Waals surface area contributed by atoms with Crippen LogP contribution in [0.1, 0.15) is 29.7 Å². The van der Waals surface area contributed by atoms with Crippen LogP contribution >= 0.6 is 11.6 Å². The van der Waals surface area contributed by atoms with Gasteiger partial charge in [-0.05, 0) is 43.9 Å². The van der Waals surface area contributed by atoms with Gasteiger partial charge in [0, 0.05) is 28.0 Å². The highest BCUT2D eigenvalue weighted by Gasteiger charge is 2.23. The first-order valence-electron chi connectivity index (χ1n) is 9.73. The van der Waals surface area contributed by atoms with Crippen molar-refractivity contribution in [2.75, 3.05) is 0 Å². The van der Waals surface area contributed by atoms with Crippen LogP contribution in [0.4, 0.5) is 4.39 Å². The summed E-state index contributed by atoms with van der Waals surface area (Å²) in [6.07, 6.45) is 5.92. The third-order valence-electron chi connectivity index (χ3n) is 5.35. The summed E-state index contributed by atoms with van der Waals surface area (Å²) in [4.78, 5) is 4.66. The molecular formula is C23H19ClFN3O. The molecule has 0 amide bonds. The number of hydrogen-bond donors (Lipinski definition) is 0. The van der Waals surface area contributed by atoms with Crippen molar-refractivity contribution < 1.29 is 9.13 Å². The van der Waals surface area contributed by atoms with E-state index in [2.05, 4.69) is 4.98 Å². The Morgan fingerprint density at radius 2 is 1.83 bits per heavy atom. The normalized spacial score (nSPS) is 13.4. The Hall–Kier alpha value is -2.92. The van der Waals surface area contributed by atoms with E-state index in [1.165, 1.54) is 6.07 Å². The SMILES string of the molecule is Fc1ccccc1-n1nc2c3c(ncc2c1OCc1ccccc1Cl)CCCC3. The van der Waals surface area contributed by atoms with Crippen LogP contribution in [0, 0.1) is 5.82 Å². The van der Waals surface area contributed by atoms with E-state index >= 15 is 0 Å². The quantitative estimate of drug-likeness (QED) is 0.437. The summed E-state index contributed by atoms with van der Waals surface area (Å²) in [6, 6.07) is 14.1. The molecule has 2 aromatic heterocycles. The van der Waals surface area contributed by atoms with Crippen molar-refractivity contribution in [2.45, 2.75) is 32.3 Å². The van der Waals surface area contributed by atoms with Crippen molar-refractivity contribution >= 4 is 22.5 Å². The van der Waals surface area contributed by atoms with Crippen LogP contribution in [0.25, 0.3) is 16.6 Å². The van der Waals surface area contributed by atoms with Gasteiger partial charge in [0.05, 0.1) is 5.39 Å². The Bertz CT molecular complexity index is 1200. The summed E-state index contributed by atoms with van der Waals surface area (Å²) in [5.41, 5.74) is 4.27. The molecule has 1 aliphatic rings. The second-order valence-electron chi connectivity index (χ2n) is 7.20. The van der Waals surface area contributed by atoms with Crippen molar-refractivity contribution in [1.82, 2.24) is 14.8 Å². The molecule has 1 aliphatic carbocycles. The number of halogens is 2. The second kappa shape index (κ2) is 7.48. The molecule has 0 atom stereocenters. The highest BCUT2D eigenvalue weighted by atomic mass is 35.5. The molecule has 0 N–H and O–H groups in total. The molecule has 29 heavy (non-hydrogen) atoms. The molecule has 5 rings (SSSR count). The molecule has 6 heteroatoms. The van der Waals surface area contributed by atoms with E-state index in [4.69, 9.17) is 21.4 Å². The van der Waals surface area contributed by atoms with Gasteiger partial charge in [-0.15, -0.1) is 0 Å². The van der Waals surface area contributed by atoms with E-state index in [-0.39, 0.29) is 12.4 Å². The van der Waals surface area contributed by atoms with Gasteiger partial charge in [0.15, 0.2) is 0 Å². The van der Waals surface area contributed by atoms with E-state index in [1.807, 2.05) is 24.3 Å². The third-order valence-corrected chi connectivity index (χ3v) is 5.72. The van der Waals surface area contributed by atoms with E-state index in [1.54, 1.807) is 29.1 Å². The zero-order valence-electron chi connectivity index (χ0n) is 15.7. The number of benzene rings is 2. The summed E-state index contributed by atoms with van der Waals surface area (Å²) >= 11 is 6.28. The lowest BCUT2D eigenvalue weighted by atomic mass is 9.95. The number of nitrogens with zero attached hydrogens (tertiary/aromatic N) is 3. The summed E-state index contributed by atoms with van der Waals surface area (Å²) in [6.45, 7) is 0.256. The van der Waals surface area contributed by atoms with E-state index in [0.29, 0.717) is 16.6 Å². The number of rotatable bonds is 4. The number of aryl methyl sites for hydroxylation is 2. The molecule has 0 radical (unpaired) electrons. The standard InChI is InChI=1S/C23H19ClFN3O/c24-18-9-3-1-7-15(18)14-29-23-17-13-26-20-11-5-2-8-16(20)22(17)27-28(23)21-12-6-4-10-19(21)25/h1,3-4,6-7,9-10,12-13H,2,5,8,11,14H2. The predicted molar refractivity (Wildman–Crippen MR) is 111 cm³/mol. The van der Waals surface area contributed by atoms with E-state index in [9.17, 15) is 4.39 Å². The monoisotopic (exact) mass is 407 g/mol. The van der Waals surface area contributed by atoms with Crippen molar-refractivity contribution in [2.24, 2.45) is 0 Å². The lowest BCUT2D eigenvalue weighted by molar-refractivity contribution is 0.287. The number of para-hydroxylation sites is 1. The average molecular weight is 408 g/mol. The van der Waals surface area contributed by atoms with Crippen LogP contribution in [0.2, 0.25) is 5.02 Å². The molecule has 0 saturated heterocycles. The van der Waals surface area contributed by atoms with E-state index in [0.717, 1.165) is 53.4 Å². The summed E-state index contributed by atoms with van der Waals surface area (Å²) in [5, 5.41) is 6.19. The largest absolute Gasteiger partial charge is 0.472 e. The average Bonchev–Trinajstić information content (AvgIpc) is 3.12. The van der Waals surface area contributed by atoms with Crippen molar-refractivity contribution in [1.29, 1.82) is 0 Å². The summed E-state index contributed by atoms with van der Waals surface area (Å²) in [7, 11) is 0. The molecule has 2 heterocycles. The minimum Gasteiger partial charge on any atom is -0.472 e. The molecule has 2 aromatic carbocycles. The Morgan fingerprint density at radius 3 is 2.69 bits per heavy atom. The molecule has 4 nitrogen and oxygen atoms in total. The number of hydrogen-bond acceptors (Lipinski definition) is 3. The highest BCUT2D eigenvalue weighted by Crippen LogP contribution is 2.35. The lowest BCUT2D eigenvalue weighted by Crippen LogP contribution is -2.06. The first-order chi connectivity index (χ1) is 14.2. The van der Waals surface area contributed by atoms with Gasteiger partial charge in [0.2, 0.25) is 5.88 Å². The van der Waals surface area contributed by atoms with Crippen LogP contribution < -0.4 is 4.74 Å². The van der Waals surface area contributed by atoms with Crippen LogP contribution in [-0.2, 0) is 19.4 Å². The fraction of sp³-hybridized carbons (Fsp3) is 0.217. The second-order valence-corrected chi connectivity index (χ2v) is 7.61. The number of ether oxygens (including phenoxy) is 1. The Labute approximate surface area is 172 Å². The molecule has 0 fully saturated rings. The van der Waals surface area contributed by atoms with Gasteiger partial charge in [-0.2, -0.15) is 9.78 Å². The fourth-order valence-corrected chi connectivity index (χ4v) is 4.06. The molecular weight excluding hydrogens is 389 g/mol. The van der Waals surface area contributed by atoms with Crippen LogP contribution in [0.3, 0.4) is 0 Å². The first-order valence-corrected chi connectivity index (χ1v) is 10.1. The van der Waals surface area contributed by atoms with Crippen LogP contribution in [-0.4, -0.2) is 14.8 Å². The molecule has 0 aliphatic heterocycles. The minimum atomic E-state index is -0.357. The molecule has 0 spiro atoms. The molecule has 0 bridgehead atoms. The first kappa shape index (κ1) is 18.1. The summed E-state index contributed by atoms with van der Waals surface area (Å²) in [5.74, 6) is 0.121. The minimum absolute atomic E-state index is 0.256. The fourth-order valence-electron chi connectivity index (χ4n) is 3.87. The molecule has 0 saturated carbocycles. The highest BCUT2D eigenvalue weighted by molar-refractivity contribution is 6.31. The topological polar surface area (TPSA) is 39.9 Å². The number of fused-ring (bicyclic) bond motifs is 3. The molecule has 4 aromatic rings. The maximum Gasteiger partial charge on any atom is 0.226 e. The van der Waals surface area contributed by atoms with Gasteiger partial charge in [0.1, 0.15) is 23.6 Å². The lowest BCUT2D eigenvalue weighted by Gasteiger charge is -2.14. The van der Waals surface area contributed by atoms with Gasteiger partial charge in [-0.1, -0.05) is 41.9 Å². The Morgan fingerprint density at radius 1 is 1.03 bits per heavy atom. The number of pyridine rings is 1. The Kier molecular flexibility index (Phi) is 4.68. The molecule has 0 unspecified atom stereocenters. The smallest absolute Gasteiger partial charge is 0.226 e. The summed E-state index contributed by atoms with van der Waals surface area (Å²) < 4.78 is 22.3. The zero-order valence-corrected chi connectivity index (χ0v) is 16.5. The van der Waals surface area contributed by atoms with Crippen LogP contribution in [0.15, 0.2) is 54.7 Å². The maximum atomic E-state index is 14.6. The van der Waals surface area contributed by atoms with Gasteiger partial charge >= 0.3 is 0 Å². The van der Waals surface area contributed by atoms with Gasteiger partial charge < -0.3 is 4.74 Å². The van der Waals surface area contributed by atoms with Gasteiger partial charge in [0.25, 0.3) is 0 Å². The third kappa shape index (κ3) is 3.25. The predicted octanol–water partition coefficient (Wildman–Crippen LogP) is 5.67. The molecule has 146 valence electrons. The van der Waals surface area contributed by atoms with Gasteiger partial charge in [-0.25, -0.2) is 4.39 Å². The van der Waals surface area contributed by atoms with Crippen molar-refractivity contribution in [3.8, 4) is 11.6 Å². The van der Waals surface area contributed by atoms with Crippen LogP contribution in [0.5, 0.6) is 5.88 Å². The van der Waals surface area contributed by atoms with Gasteiger partial charge in [-0.3, -0.25) is 4.98 Å². The maximum absolute atomic E-state index is 14.6. The van der Waals surface area contributed by atoms with E-state index < -0.39 is 0 Å². The van der Waals surface area contributed by atoms with Crippen molar-refractivity contribution in [3.63, 3.8) is 0 Å². The zero-order chi connectivity index (χ0) is 19.8. The van der Waals surface area contributed by atoms with Crippen molar-refractivity contribution in [3.05, 3.63) is 82.4 Å². The Balaban J connectivity index is 1.66.